The van der Waals surface area contributed by atoms with Gasteiger partial charge in [-0.1, -0.05) is 0 Å². The first-order valence-electron chi connectivity index (χ1n) is 8.90. The Morgan fingerprint density at radius 2 is 1.79 bits per heavy atom. The third kappa shape index (κ3) is 3.71. The molecule has 2 aliphatic rings. The van der Waals surface area contributed by atoms with E-state index < -0.39 is 0 Å². The number of rotatable bonds is 4. The molecule has 130 valence electrons. The minimum Gasteiger partial charge on any atom is -0.491 e. The molecule has 0 aliphatic carbocycles. The van der Waals surface area contributed by atoms with Crippen LogP contribution in [0.3, 0.4) is 0 Å². The summed E-state index contributed by atoms with van der Waals surface area (Å²) in [6.07, 6.45) is 3.79. The fraction of sp³-hybridized carbons (Fsp3) is 0.579. The maximum absolute atomic E-state index is 12.6. The summed E-state index contributed by atoms with van der Waals surface area (Å²) in [4.78, 5) is 28.6. The fourth-order valence-corrected chi connectivity index (χ4v) is 3.47. The van der Waals surface area contributed by atoms with Crippen molar-refractivity contribution in [3.05, 3.63) is 24.3 Å². The zero-order valence-electron chi connectivity index (χ0n) is 14.5. The first-order chi connectivity index (χ1) is 11.5. The summed E-state index contributed by atoms with van der Waals surface area (Å²) < 4.78 is 5.63. The van der Waals surface area contributed by atoms with Gasteiger partial charge < -0.3 is 14.5 Å². The summed E-state index contributed by atoms with van der Waals surface area (Å²) in [7, 11) is 0. The molecule has 3 rings (SSSR count). The molecule has 1 atom stereocenters. The smallest absolute Gasteiger partial charge is 0.228 e. The highest BCUT2D eigenvalue weighted by molar-refractivity contribution is 6.00. The standard InChI is InChI=1S/C19H26N2O3/c1-14(2)24-17-8-6-16(7-9-17)21-13-15(12-18(21)22)19(23)20-10-4-3-5-11-20/h6-9,14-15H,3-5,10-13H2,1-2H3/t15-/m1/s1. The summed E-state index contributed by atoms with van der Waals surface area (Å²) in [6.45, 7) is 6.12. The van der Waals surface area contributed by atoms with Crippen molar-refractivity contribution in [2.75, 3.05) is 24.5 Å². The van der Waals surface area contributed by atoms with Crippen LogP contribution in [0.25, 0.3) is 0 Å². The van der Waals surface area contributed by atoms with Gasteiger partial charge in [-0.2, -0.15) is 0 Å². The van der Waals surface area contributed by atoms with Crippen LogP contribution < -0.4 is 9.64 Å². The van der Waals surface area contributed by atoms with E-state index in [4.69, 9.17) is 4.74 Å². The number of benzene rings is 1. The SMILES string of the molecule is CC(C)Oc1ccc(N2C[C@H](C(=O)N3CCCCC3)CC2=O)cc1. The van der Waals surface area contributed by atoms with Gasteiger partial charge in [0.2, 0.25) is 11.8 Å². The maximum Gasteiger partial charge on any atom is 0.228 e. The normalized spacial score (nSPS) is 21.5. The molecule has 5 heteroatoms. The second-order valence-corrected chi connectivity index (χ2v) is 6.95. The maximum atomic E-state index is 12.6. The third-order valence-electron chi connectivity index (χ3n) is 4.66. The van der Waals surface area contributed by atoms with Crippen LogP contribution in [-0.4, -0.2) is 42.5 Å². The van der Waals surface area contributed by atoms with Crippen LogP contribution in [0.4, 0.5) is 5.69 Å². The number of nitrogens with zero attached hydrogens (tertiary/aromatic N) is 2. The summed E-state index contributed by atoms with van der Waals surface area (Å²) in [5.74, 6) is 0.761. The average Bonchev–Trinajstić information content (AvgIpc) is 2.97. The number of carbonyl (C=O) groups excluding carboxylic acids is 2. The number of amides is 2. The van der Waals surface area contributed by atoms with Crippen molar-refractivity contribution < 1.29 is 14.3 Å². The molecule has 1 aromatic carbocycles. The number of anilines is 1. The number of hydrogen-bond donors (Lipinski definition) is 0. The lowest BCUT2D eigenvalue weighted by molar-refractivity contribution is -0.136. The molecule has 5 nitrogen and oxygen atoms in total. The van der Waals surface area contributed by atoms with E-state index in [1.807, 2.05) is 43.0 Å². The zero-order valence-corrected chi connectivity index (χ0v) is 14.5. The first-order valence-corrected chi connectivity index (χ1v) is 8.90. The van der Waals surface area contributed by atoms with Crippen molar-refractivity contribution >= 4 is 17.5 Å². The van der Waals surface area contributed by atoms with Gasteiger partial charge >= 0.3 is 0 Å². The van der Waals surface area contributed by atoms with Gasteiger partial charge in [-0.3, -0.25) is 9.59 Å². The van der Waals surface area contributed by atoms with Crippen LogP contribution in [0.2, 0.25) is 0 Å². The van der Waals surface area contributed by atoms with E-state index in [9.17, 15) is 9.59 Å². The van der Waals surface area contributed by atoms with Gasteiger partial charge in [0.1, 0.15) is 5.75 Å². The molecular formula is C19H26N2O3. The predicted octanol–water partition coefficient (Wildman–Crippen LogP) is 2.84. The van der Waals surface area contributed by atoms with Crippen LogP contribution in [0, 0.1) is 5.92 Å². The lowest BCUT2D eigenvalue weighted by atomic mass is 10.0. The Morgan fingerprint density at radius 3 is 2.42 bits per heavy atom. The molecule has 0 unspecified atom stereocenters. The summed E-state index contributed by atoms with van der Waals surface area (Å²) in [5.41, 5.74) is 0.838. The highest BCUT2D eigenvalue weighted by atomic mass is 16.5. The topological polar surface area (TPSA) is 49.9 Å². The number of likely N-dealkylation sites (tertiary alicyclic amines) is 1. The molecule has 0 spiro atoms. The van der Waals surface area contributed by atoms with Gasteiger partial charge in [0.15, 0.2) is 0 Å². The fourth-order valence-electron chi connectivity index (χ4n) is 3.47. The van der Waals surface area contributed by atoms with Crippen LogP contribution in [0.1, 0.15) is 39.5 Å². The lowest BCUT2D eigenvalue weighted by Crippen LogP contribution is -2.40. The highest BCUT2D eigenvalue weighted by Gasteiger charge is 2.37. The van der Waals surface area contributed by atoms with Gasteiger partial charge in [-0.15, -0.1) is 0 Å². The van der Waals surface area contributed by atoms with E-state index in [1.165, 1.54) is 6.42 Å². The Hall–Kier alpha value is -2.04. The molecule has 2 aliphatic heterocycles. The molecular weight excluding hydrogens is 304 g/mol. The van der Waals surface area contributed by atoms with Crippen LogP contribution in [-0.2, 0) is 9.59 Å². The highest BCUT2D eigenvalue weighted by Crippen LogP contribution is 2.28. The quantitative estimate of drug-likeness (QED) is 0.853. The summed E-state index contributed by atoms with van der Waals surface area (Å²) in [5, 5.41) is 0. The van der Waals surface area contributed by atoms with Gasteiger partial charge in [-0.05, 0) is 57.4 Å². The molecule has 0 N–H and O–H groups in total. The molecule has 24 heavy (non-hydrogen) atoms. The Morgan fingerprint density at radius 1 is 1.12 bits per heavy atom. The van der Waals surface area contributed by atoms with Crippen molar-refractivity contribution in [3.63, 3.8) is 0 Å². The molecule has 2 fully saturated rings. The van der Waals surface area contributed by atoms with Crippen LogP contribution in [0.15, 0.2) is 24.3 Å². The van der Waals surface area contributed by atoms with E-state index in [0.29, 0.717) is 13.0 Å². The largest absolute Gasteiger partial charge is 0.491 e. The minimum atomic E-state index is -0.206. The van der Waals surface area contributed by atoms with E-state index in [2.05, 4.69) is 0 Å². The molecule has 2 heterocycles. The Bertz CT molecular complexity index is 591. The summed E-state index contributed by atoms with van der Waals surface area (Å²) >= 11 is 0. The first kappa shape index (κ1) is 16.8. The lowest BCUT2D eigenvalue weighted by Gasteiger charge is -2.29. The molecule has 0 aromatic heterocycles. The molecule has 2 amide bonds. The van der Waals surface area contributed by atoms with E-state index in [1.54, 1.807) is 4.90 Å². The van der Waals surface area contributed by atoms with E-state index in [-0.39, 0.29) is 23.8 Å². The van der Waals surface area contributed by atoms with Gasteiger partial charge in [0.05, 0.1) is 12.0 Å². The monoisotopic (exact) mass is 330 g/mol. The Balaban J connectivity index is 1.65. The number of ether oxygens (including phenoxy) is 1. The minimum absolute atomic E-state index is 0.0305. The zero-order chi connectivity index (χ0) is 17.1. The van der Waals surface area contributed by atoms with Gasteiger partial charge in [0, 0.05) is 31.7 Å². The Labute approximate surface area is 143 Å². The second kappa shape index (κ2) is 7.24. The molecule has 1 aromatic rings. The van der Waals surface area contributed by atoms with Crippen LogP contribution in [0.5, 0.6) is 5.75 Å². The molecule has 2 saturated heterocycles. The van der Waals surface area contributed by atoms with Crippen molar-refractivity contribution in [2.24, 2.45) is 5.92 Å². The van der Waals surface area contributed by atoms with Crippen molar-refractivity contribution in [2.45, 2.75) is 45.6 Å². The average molecular weight is 330 g/mol. The van der Waals surface area contributed by atoms with Crippen molar-refractivity contribution in [1.82, 2.24) is 4.90 Å². The molecule has 0 bridgehead atoms. The number of hydrogen-bond acceptors (Lipinski definition) is 3. The molecule has 0 saturated carbocycles. The van der Waals surface area contributed by atoms with Crippen molar-refractivity contribution in [3.8, 4) is 5.75 Å². The van der Waals surface area contributed by atoms with E-state index >= 15 is 0 Å². The summed E-state index contributed by atoms with van der Waals surface area (Å²) in [6, 6.07) is 7.54. The second-order valence-electron chi connectivity index (χ2n) is 6.95. The van der Waals surface area contributed by atoms with Gasteiger partial charge in [0.25, 0.3) is 0 Å². The predicted molar refractivity (Wildman–Crippen MR) is 93.1 cm³/mol. The van der Waals surface area contributed by atoms with Gasteiger partial charge in [-0.25, -0.2) is 0 Å². The number of carbonyl (C=O) groups is 2. The molecule has 0 radical (unpaired) electrons. The van der Waals surface area contributed by atoms with Crippen LogP contribution >= 0.6 is 0 Å². The van der Waals surface area contributed by atoms with E-state index in [0.717, 1.165) is 37.4 Å². The third-order valence-corrected chi connectivity index (χ3v) is 4.66. The van der Waals surface area contributed by atoms with Crippen molar-refractivity contribution in [1.29, 1.82) is 0 Å². The number of piperidine rings is 1. The Kier molecular flexibility index (Phi) is 5.07.